The molecule has 3 rings (SSSR count). The zero-order chi connectivity index (χ0) is 17.1. The minimum atomic E-state index is -0.430. The summed E-state index contributed by atoms with van der Waals surface area (Å²) in [6.45, 7) is 0.317. The Kier molecular flexibility index (Phi) is 4.51. The number of hydrogen-bond acceptors (Lipinski definition) is 3. The molecule has 0 aliphatic carbocycles. The van der Waals surface area contributed by atoms with Crippen LogP contribution in [0.25, 0.3) is 0 Å². The maximum Gasteiger partial charge on any atom is 0.232 e. The van der Waals surface area contributed by atoms with Gasteiger partial charge in [-0.3, -0.25) is 9.59 Å². The van der Waals surface area contributed by atoms with Crippen molar-refractivity contribution < 1.29 is 14.3 Å². The molecule has 0 fully saturated rings. The molecule has 1 heterocycles. The lowest BCUT2D eigenvalue weighted by atomic mass is 9.87. The molecule has 0 spiro atoms. The van der Waals surface area contributed by atoms with Gasteiger partial charge in [-0.2, -0.15) is 0 Å². The summed E-state index contributed by atoms with van der Waals surface area (Å²) in [6, 6.07) is 15.1. The van der Waals surface area contributed by atoms with Gasteiger partial charge in [-0.05, 0) is 12.1 Å². The monoisotopic (exact) mass is 324 g/mol. The van der Waals surface area contributed by atoms with Gasteiger partial charge in [0.1, 0.15) is 11.5 Å². The van der Waals surface area contributed by atoms with Gasteiger partial charge in [0.25, 0.3) is 0 Å². The number of carbonyl (C=O) groups excluding carboxylic acids is 2. The molecule has 0 bridgehead atoms. The van der Waals surface area contributed by atoms with Crippen molar-refractivity contribution >= 4 is 11.8 Å². The molecule has 0 saturated heterocycles. The number of rotatable bonds is 4. The van der Waals surface area contributed by atoms with E-state index in [0.717, 1.165) is 11.1 Å². The van der Waals surface area contributed by atoms with Gasteiger partial charge in [0.2, 0.25) is 11.8 Å². The molecule has 1 aliphatic heterocycles. The third-order valence-corrected chi connectivity index (χ3v) is 4.08. The summed E-state index contributed by atoms with van der Waals surface area (Å²) in [6.07, 6.45) is 0.283. The molecule has 1 N–H and O–H groups in total. The van der Waals surface area contributed by atoms with E-state index in [1.807, 2.05) is 48.5 Å². The van der Waals surface area contributed by atoms with Crippen LogP contribution in [0.4, 0.5) is 0 Å². The topological polar surface area (TPSA) is 58.6 Å². The predicted molar refractivity (Wildman–Crippen MR) is 91.1 cm³/mol. The third kappa shape index (κ3) is 3.11. The van der Waals surface area contributed by atoms with Crippen molar-refractivity contribution in [1.82, 2.24) is 10.2 Å². The Labute approximate surface area is 141 Å². The average Bonchev–Trinajstić information content (AvgIpc) is 2.59. The predicted octanol–water partition coefficient (Wildman–Crippen LogP) is 2.52. The van der Waals surface area contributed by atoms with Crippen LogP contribution in [0.5, 0.6) is 11.5 Å². The Bertz CT molecular complexity index is 725. The highest BCUT2D eigenvalue weighted by Gasteiger charge is 2.32. The zero-order valence-electron chi connectivity index (χ0n) is 13.8. The van der Waals surface area contributed by atoms with Gasteiger partial charge in [0.05, 0.1) is 5.92 Å². The highest BCUT2D eigenvalue weighted by atomic mass is 16.5. The number of amides is 2. The summed E-state index contributed by atoms with van der Waals surface area (Å²) >= 11 is 0. The van der Waals surface area contributed by atoms with Crippen LogP contribution in [0, 0.1) is 0 Å². The maximum absolute atomic E-state index is 12.8. The molecule has 2 aromatic carbocycles. The van der Waals surface area contributed by atoms with Gasteiger partial charge < -0.3 is 15.0 Å². The van der Waals surface area contributed by atoms with Crippen LogP contribution in [0.2, 0.25) is 0 Å². The van der Waals surface area contributed by atoms with Crippen LogP contribution in [-0.4, -0.2) is 37.4 Å². The SMILES string of the molecule is CN(C)C(=O)CCNC(=O)C1c2ccccc2Oc2ccccc21. The molecule has 0 saturated carbocycles. The Hall–Kier alpha value is -2.82. The second-order valence-corrected chi connectivity index (χ2v) is 5.94. The fourth-order valence-corrected chi connectivity index (χ4v) is 2.81. The molecule has 24 heavy (non-hydrogen) atoms. The van der Waals surface area contributed by atoms with Crippen LogP contribution < -0.4 is 10.1 Å². The number of carbonyl (C=O) groups is 2. The van der Waals surface area contributed by atoms with E-state index in [9.17, 15) is 9.59 Å². The zero-order valence-corrected chi connectivity index (χ0v) is 13.8. The van der Waals surface area contributed by atoms with E-state index in [1.165, 1.54) is 4.90 Å². The summed E-state index contributed by atoms with van der Waals surface area (Å²) in [5, 5.41) is 2.88. The fraction of sp³-hybridized carbons (Fsp3) is 0.263. The first-order valence-corrected chi connectivity index (χ1v) is 7.91. The van der Waals surface area contributed by atoms with E-state index in [4.69, 9.17) is 4.74 Å². The lowest BCUT2D eigenvalue weighted by Gasteiger charge is -2.27. The summed E-state index contributed by atoms with van der Waals surface area (Å²) < 4.78 is 5.89. The van der Waals surface area contributed by atoms with E-state index in [2.05, 4.69) is 5.32 Å². The molecule has 2 aromatic rings. The highest BCUT2D eigenvalue weighted by Crippen LogP contribution is 2.43. The minimum absolute atomic E-state index is 0.0110. The molecule has 5 nitrogen and oxygen atoms in total. The number of hydrogen-bond donors (Lipinski definition) is 1. The average molecular weight is 324 g/mol. The second-order valence-electron chi connectivity index (χ2n) is 5.94. The van der Waals surface area contributed by atoms with Crippen molar-refractivity contribution in [2.24, 2.45) is 0 Å². The molecule has 124 valence electrons. The number of nitrogens with one attached hydrogen (secondary N) is 1. The van der Waals surface area contributed by atoms with Crippen LogP contribution >= 0.6 is 0 Å². The lowest BCUT2D eigenvalue weighted by Crippen LogP contribution is -2.34. The van der Waals surface area contributed by atoms with Crippen LogP contribution in [-0.2, 0) is 9.59 Å². The van der Waals surface area contributed by atoms with Gasteiger partial charge in [-0.1, -0.05) is 36.4 Å². The first-order valence-electron chi connectivity index (χ1n) is 7.91. The van der Waals surface area contributed by atoms with Crippen molar-refractivity contribution in [1.29, 1.82) is 0 Å². The maximum atomic E-state index is 12.8. The number of para-hydroxylation sites is 2. The van der Waals surface area contributed by atoms with Crippen LogP contribution in [0.1, 0.15) is 23.5 Å². The first-order chi connectivity index (χ1) is 11.6. The fourth-order valence-electron chi connectivity index (χ4n) is 2.81. The second kappa shape index (κ2) is 6.74. The minimum Gasteiger partial charge on any atom is -0.457 e. The molecule has 0 atom stereocenters. The van der Waals surface area contributed by atoms with Gasteiger partial charge >= 0.3 is 0 Å². The molecule has 0 aromatic heterocycles. The molecule has 1 aliphatic rings. The number of ether oxygens (including phenoxy) is 1. The standard InChI is InChI=1S/C19H20N2O3/c1-21(2)17(22)11-12-20-19(23)18-13-7-3-5-9-15(13)24-16-10-6-4-8-14(16)18/h3-10,18H,11-12H2,1-2H3,(H,20,23). The van der Waals surface area contributed by atoms with Gasteiger partial charge in [0.15, 0.2) is 0 Å². The van der Waals surface area contributed by atoms with E-state index in [0.29, 0.717) is 18.0 Å². The van der Waals surface area contributed by atoms with E-state index in [-0.39, 0.29) is 18.2 Å². The highest BCUT2D eigenvalue weighted by molar-refractivity contribution is 5.90. The summed E-state index contributed by atoms with van der Waals surface area (Å²) in [5.41, 5.74) is 1.68. The van der Waals surface area contributed by atoms with Crippen molar-refractivity contribution in [2.75, 3.05) is 20.6 Å². The number of fused-ring (bicyclic) bond motifs is 2. The van der Waals surface area contributed by atoms with E-state index < -0.39 is 5.92 Å². The van der Waals surface area contributed by atoms with Crippen LogP contribution in [0.3, 0.4) is 0 Å². The Morgan fingerprint density at radius 3 is 2.08 bits per heavy atom. The van der Waals surface area contributed by atoms with E-state index >= 15 is 0 Å². The number of benzene rings is 2. The molecule has 2 amide bonds. The molecule has 0 unspecified atom stereocenters. The smallest absolute Gasteiger partial charge is 0.232 e. The Morgan fingerprint density at radius 1 is 1.00 bits per heavy atom. The largest absolute Gasteiger partial charge is 0.457 e. The van der Waals surface area contributed by atoms with E-state index in [1.54, 1.807) is 14.1 Å². The van der Waals surface area contributed by atoms with Gasteiger partial charge in [-0.15, -0.1) is 0 Å². The first kappa shape index (κ1) is 16.1. The lowest BCUT2D eigenvalue weighted by molar-refractivity contribution is -0.128. The Balaban J connectivity index is 1.82. The van der Waals surface area contributed by atoms with Crippen molar-refractivity contribution in [3.8, 4) is 11.5 Å². The molecular formula is C19H20N2O3. The summed E-state index contributed by atoms with van der Waals surface area (Å²) in [5.74, 6) is 0.829. The molecule has 5 heteroatoms. The molecular weight excluding hydrogens is 304 g/mol. The summed E-state index contributed by atoms with van der Waals surface area (Å²) in [4.78, 5) is 26.0. The van der Waals surface area contributed by atoms with Crippen molar-refractivity contribution in [3.05, 3.63) is 59.7 Å². The van der Waals surface area contributed by atoms with Gasteiger partial charge in [-0.25, -0.2) is 0 Å². The number of nitrogens with zero attached hydrogens (tertiary/aromatic N) is 1. The van der Waals surface area contributed by atoms with Crippen molar-refractivity contribution in [2.45, 2.75) is 12.3 Å². The van der Waals surface area contributed by atoms with Crippen LogP contribution in [0.15, 0.2) is 48.5 Å². The molecule has 0 radical (unpaired) electrons. The van der Waals surface area contributed by atoms with Gasteiger partial charge in [0, 0.05) is 38.2 Å². The summed E-state index contributed by atoms with van der Waals surface area (Å²) in [7, 11) is 3.41. The third-order valence-electron chi connectivity index (χ3n) is 4.08. The Morgan fingerprint density at radius 2 is 1.54 bits per heavy atom. The quantitative estimate of drug-likeness (QED) is 0.940. The normalized spacial score (nSPS) is 12.6. The van der Waals surface area contributed by atoms with Crippen molar-refractivity contribution in [3.63, 3.8) is 0 Å².